The van der Waals surface area contributed by atoms with Crippen molar-refractivity contribution in [1.82, 2.24) is 35.5 Å². The van der Waals surface area contributed by atoms with Crippen molar-refractivity contribution in [3.63, 3.8) is 0 Å². The molecule has 0 saturated heterocycles. The molecule has 0 aliphatic heterocycles. The summed E-state index contributed by atoms with van der Waals surface area (Å²) in [7, 11) is 0. The van der Waals surface area contributed by atoms with Crippen LogP contribution in [0.25, 0.3) is 33.7 Å². The molecule has 0 aromatic carbocycles. The van der Waals surface area contributed by atoms with Gasteiger partial charge in [0.15, 0.2) is 16.6 Å². The predicted molar refractivity (Wildman–Crippen MR) is 69.4 cm³/mol. The summed E-state index contributed by atoms with van der Waals surface area (Å²) in [6, 6.07) is 4.83. The van der Waals surface area contributed by atoms with E-state index in [0.29, 0.717) is 23.0 Å². The summed E-state index contributed by atoms with van der Waals surface area (Å²) in [6.45, 7) is 0. The molecule has 0 bridgehead atoms. The number of nitrogens with one attached hydrogen (secondary N) is 2. The zero-order valence-electron chi connectivity index (χ0n) is 9.86. The lowest BCUT2D eigenvalue weighted by molar-refractivity contribution is 0.433. The first kappa shape index (κ1) is 11.1. The molecule has 9 heteroatoms. The molecule has 4 rings (SSSR count). The van der Waals surface area contributed by atoms with Crippen molar-refractivity contribution >= 4 is 11.3 Å². The molecule has 97 valence electrons. The molecule has 1 radical (unpaired) electrons. The Morgan fingerprint density at radius 1 is 1.35 bits per heavy atom. The summed E-state index contributed by atoms with van der Waals surface area (Å²) < 4.78 is 5.25. The van der Waals surface area contributed by atoms with E-state index in [-0.39, 0.29) is 0 Å². The van der Waals surface area contributed by atoms with Crippen LogP contribution in [0.15, 0.2) is 28.5 Å². The highest BCUT2D eigenvalue weighted by Gasteiger charge is 2.14. The molecule has 0 spiro atoms. The van der Waals surface area contributed by atoms with Gasteiger partial charge in [-0.15, -0.1) is 21.5 Å². The van der Waals surface area contributed by atoms with Crippen LogP contribution < -0.4 is 0 Å². The Hall–Kier alpha value is -2.81. The van der Waals surface area contributed by atoms with Gasteiger partial charge in [-0.25, -0.2) is 4.98 Å². The zero-order chi connectivity index (χ0) is 13.4. The quantitative estimate of drug-likeness (QED) is 0.593. The van der Waals surface area contributed by atoms with Crippen molar-refractivity contribution in [2.75, 3.05) is 0 Å². The van der Waals surface area contributed by atoms with Crippen molar-refractivity contribution in [3.05, 3.63) is 30.0 Å². The summed E-state index contributed by atoms with van der Waals surface area (Å²) >= 11 is 1.44. The van der Waals surface area contributed by atoms with Crippen LogP contribution in [0.2, 0.25) is 0 Å². The van der Waals surface area contributed by atoms with Crippen molar-refractivity contribution in [3.8, 4) is 33.7 Å². The largest absolute Gasteiger partial charge is 0.353 e. The van der Waals surface area contributed by atoms with Crippen molar-refractivity contribution in [2.45, 2.75) is 0 Å². The Morgan fingerprint density at radius 2 is 2.35 bits per heavy atom. The van der Waals surface area contributed by atoms with Crippen molar-refractivity contribution in [1.29, 1.82) is 0 Å². The van der Waals surface area contributed by atoms with E-state index in [1.165, 1.54) is 17.7 Å². The fraction of sp³-hybridized carbons (Fsp3) is 0. The van der Waals surface area contributed by atoms with Gasteiger partial charge in [0.2, 0.25) is 0 Å². The Labute approximate surface area is 115 Å². The Balaban J connectivity index is 1.68. The van der Waals surface area contributed by atoms with Gasteiger partial charge >= 0.3 is 0 Å². The molecule has 0 aliphatic carbocycles. The van der Waals surface area contributed by atoms with Crippen LogP contribution in [-0.4, -0.2) is 35.5 Å². The number of H-pyrrole nitrogens is 2. The second-order valence-corrected chi connectivity index (χ2v) is 4.69. The number of nitrogens with zero attached hydrogens (tertiary/aromatic N) is 5. The molecule has 0 atom stereocenters. The SMILES string of the molecule is [c]1c(-c2ccn[nH]2)noc1-c1csc(-c2nnc[nH]2)n1. The Bertz CT molecular complexity index is 744. The van der Waals surface area contributed by atoms with E-state index < -0.39 is 0 Å². The Kier molecular flexibility index (Phi) is 2.42. The molecule has 2 N–H and O–H groups in total. The molecule has 8 nitrogen and oxygen atoms in total. The van der Waals surface area contributed by atoms with Crippen LogP contribution in [0, 0.1) is 6.07 Å². The maximum absolute atomic E-state index is 5.25. The molecule has 0 saturated carbocycles. The van der Waals surface area contributed by atoms with Gasteiger partial charge in [-0.2, -0.15) is 5.10 Å². The molecule has 0 unspecified atom stereocenters. The second kappa shape index (κ2) is 4.38. The van der Waals surface area contributed by atoms with E-state index in [2.05, 4.69) is 41.6 Å². The van der Waals surface area contributed by atoms with E-state index >= 15 is 0 Å². The van der Waals surface area contributed by atoms with Gasteiger partial charge in [0.25, 0.3) is 0 Å². The van der Waals surface area contributed by atoms with Gasteiger partial charge < -0.3 is 9.51 Å². The third-order valence-electron chi connectivity index (χ3n) is 2.57. The molecule has 20 heavy (non-hydrogen) atoms. The molecule has 0 aliphatic rings. The summed E-state index contributed by atoms with van der Waals surface area (Å²) in [4.78, 5) is 7.31. The normalized spacial score (nSPS) is 11.0. The number of rotatable bonds is 3. The standard InChI is InChI=1S/C11H6N7OS/c1-2-13-16-6(1)7-3-9(19-18-7)8-4-20-11(15-8)10-12-5-14-17-10/h1-2,4-5H,(H,13,16)(H,12,14,17). The number of aromatic nitrogens is 7. The van der Waals surface area contributed by atoms with Crippen molar-refractivity contribution < 1.29 is 4.52 Å². The van der Waals surface area contributed by atoms with Gasteiger partial charge in [0, 0.05) is 11.6 Å². The molecule has 0 amide bonds. The van der Waals surface area contributed by atoms with Crippen LogP contribution in [0.3, 0.4) is 0 Å². The van der Waals surface area contributed by atoms with Gasteiger partial charge in [-0.3, -0.25) is 5.10 Å². The second-order valence-electron chi connectivity index (χ2n) is 3.83. The molecular weight excluding hydrogens is 278 g/mol. The molecule has 4 aromatic rings. The molecule has 4 aromatic heterocycles. The fourth-order valence-electron chi connectivity index (χ4n) is 1.66. The Morgan fingerprint density at radius 3 is 3.15 bits per heavy atom. The van der Waals surface area contributed by atoms with Crippen LogP contribution in [0.1, 0.15) is 0 Å². The number of aromatic amines is 2. The number of thiazole rings is 1. The molecule has 0 fully saturated rings. The van der Waals surface area contributed by atoms with Crippen molar-refractivity contribution in [2.24, 2.45) is 0 Å². The van der Waals surface area contributed by atoms with E-state index in [9.17, 15) is 0 Å². The third kappa shape index (κ3) is 1.80. The highest BCUT2D eigenvalue weighted by molar-refractivity contribution is 7.13. The number of hydrogen-bond donors (Lipinski definition) is 2. The summed E-state index contributed by atoms with van der Waals surface area (Å²) in [5.74, 6) is 1.09. The van der Waals surface area contributed by atoms with Crippen LogP contribution >= 0.6 is 11.3 Å². The maximum Gasteiger partial charge on any atom is 0.194 e. The van der Waals surface area contributed by atoms with Gasteiger partial charge in [-0.1, -0.05) is 5.16 Å². The van der Waals surface area contributed by atoms with E-state index in [0.717, 1.165) is 10.7 Å². The van der Waals surface area contributed by atoms with Crippen LogP contribution in [0.4, 0.5) is 0 Å². The summed E-state index contributed by atoms with van der Waals surface area (Å²) in [5.41, 5.74) is 1.96. The first-order valence-corrected chi connectivity index (χ1v) is 6.49. The number of hydrogen-bond acceptors (Lipinski definition) is 7. The molecular formula is C11H6N7OS. The molecule has 4 heterocycles. The van der Waals surface area contributed by atoms with E-state index in [1.807, 2.05) is 5.38 Å². The fourth-order valence-corrected chi connectivity index (χ4v) is 2.40. The predicted octanol–water partition coefficient (Wildman–Crippen LogP) is 1.77. The summed E-state index contributed by atoms with van der Waals surface area (Å²) in [6.07, 6.45) is 3.15. The van der Waals surface area contributed by atoms with Crippen LogP contribution in [0.5, 0.6) is 0 Å². The van der Waals surface area contributed by atoms with E-state index in [1.54, 1.807) is 12.3 Å². The third-order valence-corrected chi connectivity index (χ3v) is 3.42. The first-order valence-electron chi connectivity index (χ1n) is 5.61. The highest BCUT2D eigenvalue weighted by atomic mass is 32.1. The van der Waals surface area contributed by atoms with Gasteiger partial charge in [0.1, 0.15) is 17.7 Å². The average Bonchev–Trinajstić information content (AvgIpc) is 3.22. The van der Waals surface area contributed by atoms with E-state index in [4.69, 9.17) is 4.52 Å². The lowest BCUT2D eigenvalue weighted by Crippen LogP contribution is -1.80. The average molecular weight is 284 g/mol. The minimum Gasteiger partial charge on any atom is -0.353 e. The lowest BCUT2D eigenvalue weighted by atomic mass is 10.2. The minimum atomic E-state index is 0.469. The zero-order valence-corrected chi connectivity index (χ0v) is 10.7. The lowest BCUT2D eigenvalue weighted by Gasteiger charge is -1.86. The monoisotopic (exact) mass is 284 g/mol. The maximum atomic E-state index is 5.25. The minimum absolute atomic E-state index is 0.469. The van der Waals surface area contributed by atoms with Gasteiger partial charge in [0.05, 0.1) is 11.8 Å². The topological polar surface area (TPSA) is 109 Å². The van der Waals surface area contributed by atoms with Crippen LogP contribution in [-0.2, 0) is 0 Å². The highest BCUT2D eigenvalue weighted by Crippen LogP contribution is 2.28. The van der Waals surface area contributed by atoms with Gasteiger partial charge in [-0.05, 0) is 6.07 Å². The first-order chi connectivity index (χ1) is 9.90. The summed E-state index contributed by atoms with van der Waals surface area (Å²) in [5, 5.41) is 20.8. The smallest absolute Gasteiger partial charge is 0.194 e.